The van der Waals surface area contributed by atoms with Gasteiger partial charge in [-0.3, -0.25) is 0 Å². The Labute approximate surface area is 224 Å². The van der Waals surface area contributed by atoms with Crippen molar-refractivity contribution in [2.75, 3.05) is 0 Å². The summed E-state index contributed by atoms with van der Waals surface area (Å²) in [5.74, 6) is -2.71. The number of carboxylic acids is 1. The molecule has 1 aromatic carbocycles. The first-order valence-electron chi connectivity index (χ1n) is 11.8. The van der Waals surface area contributed by atoms with Gasteiger partial charge in [-0.05, 0) is 65.7 Å². The first kappa shape index (κ1) is 31.1. The van der Waals surface area contributed by atoms with E-state index in [1.807, 2.05) is 0 Å². The summed E-state index contributed by atoms with van der Waals surface area (Å²) in [5, 5.41) is 9.79. The van der Waals surface area contributed by atoms with Crippen LogP contribution in [0.15, 0.2) is 43.0 Å². The molecule has 0 spiro atoms. The lowest BCUT2D eigenvalue weighted by molar-refractivity contribution is -0.139. The molecule has 12 heteroatoms. The summed E-state index contributed by atoms with van der Waals surface area (Å²) < 4.78 is 58.3. The number of hydrogen-bond donors (Lipinski definition) is 1. The third kappa shape index (κ3) is 9.01. The molecular formula is C27H31F3N2O7. The molecule has 2 amide bonds. The zero-order chi connectivity index (χ0) is 29.8. The maximum Gasteiger partial charge on any atom is 0.421 e. The van der Waals surface area contributed by atoms with Gasteiger partial charge in [0, 0.05) is 5.56 Å². The minimum absolute atomic E-state index is 0.0172. The number of pyridine rings is 1. The molecule has 0 atom stereocenters. The molecule has 0 unspecified atom stereocenters. The third-order valence-electron chi connectivity index (χ3n) is 4.67. The second kappa shape index (κ2) is 11.7. The standard InChI is InChI=1S/C27H31F3N2O7/c1-8-11-16-12-9-10-13-19(16)37-21-18(27(28,29)30)14-17(20(31-21)22(33)34)15-32(23(35)38-25(2,3)4)24(36)39-26(5,6)7/h8-10,12-14H,1,11,15H2,2-7H3,(H,33,34). The van der Waals surface area contributed by atoms with Crippen LogP contribution in [-0.2, 0) is 28.6 Å². The van der Waals surface area contributed by atoms with Crippen LogP contribution in [0, 0.1) is 0 Å². The average Bonchev–Trinajstić information content (AvgIpc) is 2.75. The smallest absolute Gasteiger partial charge is 0.421 e. The summed E-state index contributed by atoms with van der Waals surface area (Å²) in [5.41, 5.74) is -4.55. The van der Waals surface area contributed by atoms with Gasteiger partial charge in [0.25, 0.3) is 0 Å². The molecule has 2 aromatic rings. The van der Waals surface area contributed by atoms with Gasteiger partial charge in [0.15, 0.2) is 5.69 Å². The molecule has 0 saturated heterocycles. The Hall–Kier alpha value is -4.09. The van der Waals surface area contributed by atoms with Crippen LogP contribution in [0.2, 0.25) is 0 Å². The van der Waals surface area contributed by atoms with E-state index in [2.05, 4.69) is 11.6 Å². The van der Waals surface area contributed by atoms with Gasteiger partial charge in [-0.25, -0.2) is 24.3 Å². The summed E-state index contributed by atoms with van der Waals surface area (Å²) >= 11 is 0. The lowest BCUT2D eigenvalue weighted by Crippen LogP contribution is -2.43. The molecule has 0 radical (unpaired) electrons. The fourth-order valence-electron chi connectivity index (χ4n) is 3.16. The quantitative estimate of drug-likeness (QED) is 0.366. The lowest BCUT2D eigenvalue weighted by Gasteiger charge is -2.29. The first-order chi connectivity index (χ1) is 17.8. The molecule has 0 aliphatic carbocycles. The number of benzene rings is 1. The van der Waals surface area contributed by atoms with Crippen molar-refractivity contribution in [3.63, 3.8) is 0 Å². The predicted molar refractivity (Wildman–Crippen MR) is 135 cm³/mol. The van der Waals surface area contributed by atoms with Crippen LogP contribution in [0.1, 0.15) is 68.7 Å². The largest absolute Gasteiger partial charge is 0.476 e. The van der Waals surface area contributed by atoms with Crippen LogP contribution in [0.4, 0.5) is 22.8 Å². The van der Waals surface area contributed by atoms with Crippen LogP contribution in [-0.4, -0.2) is 44.3 Å². The SMILES string of the molecule is C=CCc1ccccc1Oc1nc(C(=O)O)c(CN(C(=O)OC(C)(C)C)C(=O)OC(C)(C)C)cc1C(F)(F)F. The first-order valence-corrected chi connectivity index (χ1v) is 11.8. The second-order valence-electron chi connectivity index (χ2n) is 10.4. The number of para-hydroxylation sites is 1. The number of aromatic nitrogens is 1. The number of imide groups is 1. The van der Waals surface area contributed by atoms with Crippen molar-refractivity contribution in [3.8, 4) is 11.6 Å². The Morgan fingerprint density at radius 3 is 1.97 bits per heavy atom. The molecule has 212 valence electrons. The predicted octanol–water partition coefficient (Wildman–Crippen LogP) is 6.99. The number of carboxylic acid groups (broad SMARTS) is 1. The summed E-state index contributed by atoms with van der Waals surface area (Å²) in [4.78, 5) is 41.8. The van der Waals surface area contributed by atoms with Gasteiger partial charge in [0.2, 0.25) is 5.88 Å². The summed E-state index contributed by atoms with van der Waals surface area (Å²) in [7, 11) is 0. The van der Waals surface area contributed by atoms with Crippen LogP contribution < -0.4 is 4.74 Å². The molecule has 0 aliphatic heterocycles. The van der Waals surface area contributed by atoms with E-state index in [1.165, 1.54) is 59.8 Å². The third-order valence-corrected chi connectivity index (χ3v) is 4.67. The van der Waals surface area contributed by atoms with Gasteiger partial charge in [-0.1, -0.05) is 24.3 Å². The summed E-state index contributed by atoms with van der Waals surface area (Å²) in [6, 6.07) is 6.67. The van der Waals surface area contributed by atoms with Crippen LogP contribution in [0.3, 0.4) is 0 Å². The second-order valence-corrected chi connectivity index (χ2v) is 10.4. The highest BCUT2D eigenvalue weighted by molar-refractivity contribution is 5.90. The summed E-state index contributed by atoms with van der Waals surface area (Å²) in [6.07, 6.45) is -5.75. The average molecular weight is 553 g/mol. The maximum atomic E-state index is 14.1. The Morgan fingerprint density at radius 2 is 1.51 bits per heavy atom. The van der Waals surface area contributed by atoms with Crippen LogP contribution in [0.5, 0.6) is 11.6 Å². The van der Waals surface area contributed by atoms with Crippen LogP contribution >= 0.6 is 0 Å². The van der Waals surface area contributed by atoms with Gasteiger partial charge in [0.05, 0.1) is 6.54 Å². The number of ether oxygens (including phenoxy) is 3. The van der Waals surface area contributed by atoms with Gasteiger partial charge >= 0.3 is 24.3 Å². The Kier molecular flexibility index (Phi) is 9.38. The van der Waals surface area contributed by atoms with E-state index in [0.29, 0.717) is 16.5 Å². The van der Waals surface area contributed by atoms with Crippen molar-refractivity contribution in [2.24, 2.45) is 0 Å². The number of alkyl halides is 3. The van der Waals surface area contributed by atoms with Crippen molar-refractivity contribution in [1.82, 2.24) is 9.88 Å². The highest BCUT2D eigenvalue weighted by Gasteiger charge is 2.39. The molecule has 1 heterocycles. The van der Waals surface area contributed by atoms with E-state index >= 15 is 0 Å². The van der Waals surface area contributed by atoms with E-state index in [-0.39, 0.29) is 12.2 Å². The summed E-state index contributed by atoms with van der Waals surface area (Å²) in [6.45, 7) is 11.8. The van der Waals surface area contributed by atoms with E-state index in [9.17, 15) is 32.7 Å². The number of halogens is 3. The van der Waals surface area contributed by atoms with E-state index in [1.54, 1.807) is 12.1 Å². The number of rotatable bonds is 7. The number of carbonyl (C=O) groups is 3. The van der Waals surface area contributed by atoms with Crippen molar-refractivity contribution in [2.45, 2.75) is 71.9 Å². The van der Waals surface area contributed by atoms with E-state index in [0.717, 1.165) is 0 Å². The molecule has 0 bridgehead atoms. The van der Waals surface area contributed by atoms with E-state index in [4.69, 9.17) is 14.2 Å². The number of nitrogens with zero attached hydrogens (tertiary/aromatic N) is 2. The molecule has 0 saturated carbocycles. The Morgan fingerprint density at radius 1 is 0.974 bits per heavy atom. The van der Waals surface area contributed by atoms with Gasteiger partial charge in [-0.2, -0.15) is 13.2 Å². The Balaban J connectivity index is 2.67. The normalized spacial score (nSPS) is 11.9. The fourth-order valence-corrected chi connectivity index (χ4v) is 3.16. The highest BCUT2D eigenvalue weighted by Crippen LogP contribution is 2.39. The van der Waals surface area contributed by atoms with Gasteiger partial charge in [0.1, 0.15) is 22.5 Å². The van der Waals surface area contributed by atoms with Gasteiger partial charge in [-0.15, -0.1) is 6.58 Å². The minimum atomic E-state index is -5.04. The monoisotopic (exact) mass is 552 g/mol. The molecule has 0 fully saturated rings. The number of hydrogen-bond acceptors (Lipinski definition) is 7. The van der Waals surface area contributed by atoms with Crippen LogP contribution in [0.25, 0.3) is 0 Å². The van der Waals surface area contributed by atoms with Crippen molar-refractivity contribution >= 4 is 18.2 Å². The van der Waals surface area contributed by atoms with Gasteiger partial charge < -0.3 is 19.3 Å². The van der Waals surface area contributed by atoms with Crippen molar-refractivity contribution in [1.29, 1.82) is 0 Å². The Bertz CT molecular complexity index is 1220. The van der Waals surface area contributed by atoms with Crippen molar-refractivity contribution < 1.29 is 46.9 Å². The molecule has 0 aliphatic rings. The zero-order valence-electron chi connectivity index (χ0n) is 22.5. The zero-order valence-corrected chi connectivity index (χ0v) is 22.5. The molecule has 39 heavy (non-hydrogen) atoms. The molecule has 1 aromatic heterocycles. The number of allylic oxidation sites excluding steroid dienone is 1. The molecule has 2 rings (SSSR count). The topological polar surface area (TPSA) is 115 Å². The minimum Gasteiger partial charge on any atom is -0.476 e. The lowest BCUT2D eigenvalue weighted by atomic mass is 10.1. The number of carbonyl (C=O) groups excluding carboxylic acids is 2. The number of aromatic carboxylic acids is 1. The molecule has 1 N–H and O–H groups in total. The molecular weight excluding hydrogens is 521 g/mol. The number of amides is 2. The fraction of sp³-hybridized carbons (Fsp3) is 0.407. The van der Waals surface area contributed by atoms with Crippen molar-refractivity contribution in [3.05, 3.63) is 65.4 Å². The van der Waals surface area contributed by atoms with E-state index < -0.39 is 64.8 Å². The highest BCUT2D eigenvalue weighted by atomic mass is 19.4. The maximum absolute atomic E-state index is 14.1. The molecule has 9 nitrogen and oxygen atoms in total.